The predicted molar refractivity (Wildman–Crippen MR) is 83.7 cm³/mol. The molecule has 0 saturated carbocycles. The fraction of sp³-hybridized carbons (Fsp3) is 0.667. The summed E-state index contributed by atoms with van der Waals surface area (Å²) >= 11 is 0. The first-order valence-electron chi connectivity index (χ1n) is 7.94. The fourth-order valence-electron chi connectivity index (χ4n) is 2.96. The van der Waals surface area contributed by atoms with Gasteiger partial charge in [0.05, 0.1) is 0 Å². The van der Waals surface area contributed by atoms with Crippen molar-refractivity contribution in [2.24, 2.45) is 0 Å². The SMILES string of the molecule is CCCCN(CC1CCCN1)c1nccn2c(C)nnc12. The van der Waals surface area contributed by atoms with E-state index in [1.165, 1.54) is 25.7 Å². The zero-order chi connectivity index (χ0) is 14.7. The number of aryl methyl sites for hydroxylation is 1. The van der Waals surface area contributed by atoms with Gasteiger partial charge in [0.25, 0.3) is 0 Å². The second-order valence-corrected chi connectivity index (χ2v) is 5.78. The van der Waals surface area contributed by atoms with E-state index >= 15 is 0 Å². The van der Waals surface area contributed by atoms with Crippen molar-refractivity contribution >= 4 is 11.5 Å². The van der Waals surface area contributed by atoms with Gasteiger partial charge in [-0.15, -0.1) is 10.2 Å². The Morgan fingerprint density at radius 2 is 2.33 bits per heavy atom. The van der Waals surface area contributed by atoms with E-state index in [9.17, 15) is 0 Å². The molecule has 1 saturated heterocycles. The van der Waals surface area contributed by atoms with Crippen molar-refractivity contribution in [1.29, 1.82) is 0 Å². The molecule has 3 heterocycles. The van der Waals surface area contributed by atoms with Crippen LogP contribution in [-0.2, 0) is 0 Å². The van der Waals surface area contributed by atoms with Gasteiger partial charge in [-0.25, -0.2) is 4.98 Å². The van der Waals surface area contributed by atoms with Crippen molar-refractivity contribution in [1.82, 2.24) is 24.9 Å². The van der Waals surface area contributed by atoms with Gasteiger partial charge >= 0.3 is 0 Å². The third-order valence-corrected chi connectivity index (χ3v) is 4.16. The first-order chi connectivity index (χ1) is 10.3. The molecule has 1 aliphatic heterocycles. The highest BCUT2D eigenvalue weighted by atomic mass is 15.3. The molecule has 0 bridgehead atoms. The highest BCUT2D eigenvalue weighted by Gasteiger charge is 2.21. The van der Waals surface area contributed by atoms with Crippen LogP contribution in [0, 0.1) is 6.92 Å². The van der Waals surface area contributed by atoms with E-state index in [-0.39, 0.29) is 0 Å². The van der Waals surface area contributed by atoms with Crippen LogP contribution < -0.4 is 10.2 Å². The zero-order valence-electron chi connectivity index (χ0n) is 12.9. The minimum absolute atomic E-state index is 0.563. The lowest BCUT2D eigenvalue weighted by Crippen LogP contribution is -2.38. The number of nitrogens with zero attached hydrogens (tertiary/aromatic N) is 5. The van der Waals surface area contributed by atoms with Crippen molar-refractivity contribution in [2.75, 3.05) is 24.5 Å². The molecule has 114 valence electrons. The molecular formula is C15H24N6. The largest absolute Gasteiger partial charge is 0.352 e. The van der Waals surface area contributed by atoms with Crippen LogP contribution in [0.4, 0.5) is 5.82 Å². The van der Waals surface area contributed by atoms with Crippen molar-refractivity contribution in [2.45, 2.75) is 45.6 Å². The molecule has 0 amide bonds. The molecule has 21 heavy (non-hydrogen) atoms. The predicted octanol–water partition coefficient (Wildman–Crippen LogP) is 1.79. The van der Waals surface area contributed by atoms with Gasteiger partial charge < -0.3 is 10.2 Å². The van der Waals surface area contributed by atoms with E-state index in [0.29, 0.717) is 6.04 Å². The van der Waals surface area contributed by atoms with Crippen LogP contribution in [0.5, 0.6) is 0 Å². The number of hydrogen-bond acceptors (Lipinski definition) is 5. The van der Waals surface area contributed by atoms with E-state index in [4.69, 9.17) is 0 Å². The summed E-state index contributed by atoms with van der Waals surface area (Å²) in [6.45, 7) is 7.35. The number of aromatic nitrogens is 4. The molecule has 6 heteroatoms. The van der Waals surface area contributed by atoms with Crippen LogP contribution >= 0.6 is 0 Å². The Bertz CT molecular complexity index is 587. The molecule has 3 rings (SSSR count). The molecule has 1 atom stereocenters. The molecule has 0 radical (unpaired) electrons. The first kappa shape index (κ1) is 14.3. The summed E-state index contributed by atoms with van der Waals surface area (Å²) in [5.74, 6) is 1.86. The number of hydrogen-bond donors (Lipinski definition) is 1. The Kier molecular flexibility index (Phi) is 4.34. The summed E-state index contributed by atoms with van der Waals surface area (Å²) in [6.07, 6.45) is 8.65. The normalized spacial score (nSPS) is 18.5. The summed E-state index contributed by atoms with van der Waals surface area (Å²) < 4.78 is 2.02. The topological polar surface area (TPSA) is 58.4 Å². The number of nitrogens with one attached hydrogen (secondary N) is 1. The summed E-state index contributed by atoms with van der Waals surface area (Å²) in [4.78, 5) is 6.96. The second kappa shape index (κ2) is 6.39. The number of fused-ring (bicyclic) bond motifs is 1. The molecule has 6 nitrogen and oxygen atoms in total. The van der Waals surface area contributed by atoms with Crippen molar-refractivity contribution in [3.63, 3.8) is 0 Å². The van der Waals surface area contributed by atoms with Crippen LogP contribution in [0.25, 0.3) is 5.65 Å². The van der Waals surface area contributed by atoms with E-state index in [2.05, 4.69) is 32.3 Å². The lowest BCUT2D eigenvalue weighted by atomic mass is 10.2. The molecule has 1 aliphatic rings. The van der Waals surface area contributed by atoms with E-state index in [1.54, 1.807) is 0 Å². The quantitative estimate of drug-likeness (QED) is 0.878. The van der Waals surface area contributed by atoms with Gasteiger partial charge in [0.2, 0.25) is 5.65 Å². The van der Waals surface area contributed by atoms with Crippen LogP contribution in [0.2, 0.25) is 0 Å². The first-order valence-corrected chi connectivity index (χ1v) is 7.94. The average molecular weight is 288 g/mol. The van der Waals surface area contributed by atoms with E-state index < -0.39 is 0 Å². The standard InChI is InChI=1S/C15H24N6/c1-3-4-9-20(11-13-6-5-7-16-13)14-15-19-18-12(2)21(15)10-8-17-14/h8,10,13,16H,3-7,9,11H2,1-2H3. The van der Waals surface area contributed by atoms with Crippen molar-refractivity contribution in [3.05, 3.63) is 18.2 Å². The fourth-order valence-corrected chi connectivity index (χ4v) is 2.96. The number of unbranched alkanes of at least 4 members (excludes halogenated alkanes) is 1. The van der Waals surface area contributed by atoms with Gasteiger partial charge in [0.15, 0.2) is 5.82 Å². The summed E-state index contributed by atoms with van der Waals surface area (Å²) in [6, 6.07) is 0.563. The molecule has 1 unspecified atom stereocenters. The molecule has 0 spiro atoms. The van der Waals surface area contributed by atoms with Gasteiger partial charge in [0.1, 0.15) is 5.82 Å². The molecule has 0 aliphatic carbocycles. The molecule has 1 N–H and O–H groups in total. The molecule has 0 aromatic carbocycles. The Morgan fingerprint density at radius 1 is 1.43 bits per heavy atom. The minimum atomic E-state index is 0.563. The highest BCUT2D eigenvalue weighted by molar-refractivity contribution is 5.63. The van der Waals surface area contributed by atoms with E-state index in [1.807, 2.05) is 23.7 Å². The summed E-state index contributed by atoms with van der Waals surface area (Å²) in [7, 11) is 0. The van der Waals surface area contributed by atoms with Crippen molar-refractivity contribution < 1.29 is 0 Å². The maximum absolute atomic E-state index is 4.59. The number of rotatable bonds is 6. The highest BCUT2D eigenvalue weighted by Crippen LogP contribution is 2.20. The van der Waals surface area contributed by atoms with Crippen LogP contribution in [0.3, 0.4) is 0 Å². The van der Waals surface area contributed by atoms with Crippen LogP contribution in [-0.4, -0.2) is 45.3 Å². The van der Waals surface area contributed by atoms with E-state index in [0.717, 1.165) is 36.9 Å². The van der Waals surface area contributed by atoms with Gasteiger partial charge in [-0.3, -0.25) is 4.40 Å². The Morgan fingerprint density at radius 3 is 3.10 bits per heavy atom. The van der Waals surface area contributed by atoms with Crippen molar-refractivity contribution in [3.8, 4) is 0 Å². The Balaban J connectivity index is 1.89. The summed E-state index contributed by atoms with van der Waals surface area (Å²) in [5, 5.41) is 12.1. The third-order valence-electron chi connectivity index (χ3n) is 4.16. The monoisotopic (exact) mass is 288 g/mol. The third kappa shape index (κ3) is 3.00. The lowest BCUT2D eigenvalue weighted by Gasteiger charge is -2.26. The number of anilines is 1. The molecule has 2 aromatic rings. The smallest absolute Gasteiger partial charge is 0.203 e. The Labute approximate surface area is 125 Å². The molecule has 1 fully saturated rings. The molecule has 2 aromatic heterocycles. The lowest BCUT2D eigenvalue weighted by molar-refractivity contribution is 0.569. The molecular weight excluding hydrogens is 264 g/mol. The zero-order valence-corrected chi connectivity index (χ0v) is 12.9. The maximum Gasteiger partial charge on any atom is 0.203 e. The average Bonchev–Trinajstić information content (AvgIpc) is 3.14. The maximum atomic E-state index is 4.59. The minimum Gasteiger partial charge on any atom is -0.352 e. The van der Waals surface area contributed by atoms with Gasteiger partial charge in [0, 0.05) is 31.5 Å². The summed E-state index contributed by atoms with van der Waals surface area (Å²) in [5.41, 5.74) is 0.865. The van der Waals surface area contributed by atoms with Gasteiger partial charge in [-0.1, -0.05) is 13.3 Å². The van der Waals surface area contributed by atoms with Gasteiger partial charge in [-0.05, 0) is 32.7 Å². The van der Waals surface area contributed by atoms with Crippen LogP contribution in [0.1, 0.15) is 38.4 Å². The Hall–Kier alpha value is -1.69. The second-order valence-electron chi connectivity index (χ2n) is 5.78. The van der Waals surface area contributed by atoms with Crippen LogP contribution in [0.15, 0.2) is 12.4 Å². The van der Waals surface area contributed by atoms with Gasteiger partial charge in [-0.2, -0.15) is 0 Å².